The van der Waals surface area contributed by atoms with Gasteiger partial charge >= 0.3 is 0 Å². The van der Waals surface area contributed by atoms with Crippen molar-refractivity contribution in [3.8, 4) is 11.3 Å². The van der Waals surface area contributed by atoms with Gasteiger partial charge in [0.05, 0.1) is 27.4 Å². The van der Waals surface area contributed by atoms with Crippen molar-refractivity contribution < 1.29 is 13.5 Å². The maximum absolute atomic E-state index is 12.3. The van der Waals surface area contributed by atoms with E-state index in [1.54, 1.807) is 16.6 Å². The average Bonchev–Trinajstić information content (AvgIpc) is 3.62. The number of sulfonamides is 1. The third-order valence-corrected chi connectivity index (χ3v) is 7.67. The zero-order valence-electron chi connectivity index (χ0n) is 17.6. The standard InChI is InChI=1S/C23H22BrN5O3S/c24-21-22(16-6-7-16)28-29-20(14-19(27-23(21)29)15-4-2-1-3-5-15)26-17-8-10-18(11-9-17)33(31,32)25-12-13-30/h1-5,8-11,14,16,25-26,30H,6-7,12-13H2. The van der Waals surface area contributed by atoms with Crippen LogP contribution in [0.1, 0.15) is 24.5 Å². The second-order valence-electron chi connectivity index (χ2n) is 7.87. The molecule has 1 aliphatic rings. The van der Waals surface area contributed by atoms with Gasteiger partial charge in [-0.1, -0.05) is 30.3 Å². The molecule has 10 heteroatoms. The number of aliphatic hydroxyl groups excluding tert-OH is 1. The molecule has 2 aromatic carbocycles. The van der Waals surface area contributed by atoms with Gasteiger partial charge in [-0.25, -0.2) is 18.1 Å². The summed E-state index contributed by atoms with van der Waals surface area (Å²) in [5, 5.41) is 17.1. The molecule has 0 atom stereocenters. The summed E-state index contributed by atoms with van der Waals surface area (Å²) < 4.78 is 29.6. The lowest BCUT2D eigenvalue weighted by molar-refractivity contribution is 0.301. The Morgan fingerprint density at radius 1 is 1.09 bits per heavy atom. The number of aliphatic hydroxyl groups is 1. The van der Waals surface area contributed by atoms with Gasteiger partial charge in [0.1, 0.15) is 5.82 Å². The first-order valence-electron chi connectivity index (χ1n) is 10.6. The summed E-state index contributed by atoms with van der Waals surface area (Å²) in [6.45, 7) is -0.292. The molecule has 0 bridgehead atoms. The van der Waals surface area contributed by atoms with Gasteiger partial charge in [-0.2, -0.15) is 9.61 Å². The molecule has 170 valence electrons. The number of rotatable bonds is 8. The minimum Gasteiger partial charge on any atom is -0.395 e. The second-order valence-corrected chi connectivity index (χ2v) is 10.4. The maximum Gasteiger partial charge on any atom is 0.240 e. The van der Waals surface area contributed by atoms with Crippen LogP contribution in [-0.2, 0) is 10.0 Å². The number of anilines is 2. The lowest BCUT2D eigenvalue weighted by atomic mass is 10.1. The van der Waals surface area contributed by atoms with Crippen molar-refractivity contribution in [2.24, 2.45) is 0 Å². The van der Waals surface area contributed by atoms with Crippen molar-refractivity contribution in [1.82, 2.24) is 19.3 Å². The fraction of sp³-hybridized carbons (Fsp3) is 0.217. The van der Waals surface area contributed by atoms with Crippen LogP contribution in [-0.4, -0.2) is 41.3 Å². The third kappa shape index (κ3) is 4.51. The van der Waals surface area contributed by atoms with E-state index in [2.05, 4.69) is 26.0 Å². The zero-order chi connectivity index (χ0) is 23.0. The quantitative estimate of drug-likeness (QED) is 0.319. The van der Waals surface area contributed by atoms with Gasteiger partial charge in [0.25, 0.3) is 0 Å². The summed E-state index contributed by atoms with van der Waals surface area (Å²) in [6.07, 6.45) is 2.24. The van der Waals surface area contributed by atoms with E-state index in [1.807, 2.05) is 36.4 Å². The molecule has 4 aromatic rings. The Morgan fingerprint density at radius 3 is 2.48 bits per heavy atom. The van der Waals surface area contributed by atoms with Gasteiger partial charge in [0.2, 0.25) is 10.0 Å². The number of benzene rings is 2. The van der Waals surface area contributed by atoms with E-state index in [0.717, 1.165) is 45.7 Å². The first-order valence-corrected chi connectivity index (χ1v) is 12.9. The van der Waals surface area contributed by atoms with Crippen LogP contribution in [0.5, 0.6) is 0 Å². The molecule has 33 heavy (non-hydrogen) atoms. The molecule has 0 radical (unpaired) electrons. The van der Waals surface area contributed by atoms with Crippen molar-refractivity contribution in [2.75, 3.05) is 18.5 Å². The summed E-state index contributed by atoms with van der Waals surface area (Å²) in [7, 11) is -3.67. The van der Waals surface area contributed by atoms with Crippen LogP contribution in [0.15, 0.2) is 70.0 Å². The normalized spacial score (nSPS) is 14.0. The molecule has 2 heterocycles. The fourth-order valence-corrected chi connectivity index (χ4v) is 5.28. The molecule has 3 N–H and O–H groups in total. The highest BCUT2D eigenvalue weighted by Crippen LogP contribution is 2.44. The Bertz CT molecular complexity index is 1400. The molecule has 1 aliphatic carbocycles. The largest absolute Gasteiger partial charge is 0.395 e. The van der Waals surface area contributed by atoms with Crippen LogP contribution in [0, 0.1) is 0 Å². The summed E-state index contributed by atoms with van der Waals surface area (Å²) in [5.74, 6) is 1.17. The van der Waals surface area contributed by atoms with Gasteiger partial charge in [-0.05, 0) is 53.0 Å². The summed E-state index contributed by atoms with van der Waals surface area (Å²) >= 11 is 3.71. The monoisotopic (exact) mass is 527 g/mol. The Labute approximate surface area is 199 Å². The van der Waals surface area contributed by atoms with Crippen LogP contribution in [0.4, 0.5) is 11.5 Å². The van der Waals surface area contributed by atoms with Crippen molar-refractivity contribution in [3.63, 3.8) is 0 Å². The zero-order valence-corrected chi connectivity index (χ0v) is 20.0. The summed E-state index contributed by atoms with van der Waals surface area (Å²) in [4.78, 5) is 4.99. The van der Waals surface area contributed by atoms with Crippen molar-refractivity contribution in [1.29, 1.82) is 0 Å². The molecule has 1 fully saturated rings. The lowest BCUT2D eigenvalue weighted by Gasteiger charge is -2.12. The smallest absolute Gasteiger partial charge is 0.240 e. The van der Waals surface area contributed by atoms with Gasteiger partial charge in [0.15, 0.2) is 5.65 Å². The molecule has 0 amide bonds. The van der Waals surface area contributed by atoms with Gasteiger partial charge in [-0.15, -0.1) is 0 Å². The average molecular weight is 528 g/mol. The molecule has 2 aromatic heterocycles. The maximum atomic E-state index is 12.3. The molecule has 5 rings (SSSR count). The van der Waals surface area contributed by atoms with Crippen LogP contribution in [0.2, 0.25) is 0 Å². The number of hydrogen-bond acceptors (Lipinski definition) is 6. The van der Waals surface area contributed by atoms with Crippen LogP contribution in [0.3, 0.4) is 0 Å². The lowest BCUT2D eigenvalue weighted by Crippen LogP contribution is -2.26. The SMILES string of the molecule is O=S(=O)(NCCO)c1ccc(Nc2cc(-c3ccccc3)nc3c(Br)c(C4CC4)nn23)cc1. The number of nitrogens with one attached hydrogen (secondary N) is 2. The summed E-state index contributed by atoms with van der Waals surface area (Å²) in [5.41, 5.74) is 4.24. The molecule has 0 unspecified atom stereocenters. The molecular formula is C23H22BrN5O3S. The van der Waals surface area contributed by atoms with E-state index in [4.69, 9.17) is 15.2 Å². The molecule has 8 nitrogen and oxygen atoms in total. The van der Waals surface area contributed by atoms with Crippen LogP contribution in [0.25, 0.3) is 16.9 Å². The van der Waals surface area contributed by atoms with Gasteiger partial charge in [0, 0.05) is 29.8 Å². The van der Waals surface area contributed by atoms with Crippen molar-refractivity contribution in [3.05, 3.63) is 70.8 Å². The molecule has 0 aliphatic heterocycles. The predicted molar refractivity (Wildman–Crippen MR) is 130 cm³/mol. The first-order chi connectivity index (χ1) is 16.0. The number of aromatic nitrogens is 3. The van der Waals surface area contributed by atoms with E-state index >= 15 is 0 Å². The Balaban J connectivity index is 1.54. The van der Waals surface area contributed by atoms with Gasteiger partial charge in [-0.3, -0.25) is 0 Å². The molecular weight excluding hydrogens is 506 g/mol. The van der Waals surface area contributed by atoms with Gasteiger partial charge < -0.3 is 10.4 Å². The molecule has 0 spiro atoms. The number of nitrogens with zero attached hydrogens (tertiary/aromatic N) is 3. The highest BCUT2D eigenvalue weighted by Gasteiger charge is 2.30. The number of halogens is 1. The predicted octanol–water partition coefficient (Wildman–Crippen LogP) is 4.05. The minimum atomic E-state index is -3.67. The van der Waals surface area contributed by atoms with Crippen LogP contribution < -0.4 is 10.0 Å². The van der Waals surface area contributed by atoms with Crippen molar-refractivity contribution >= 4 is 43.1 Å². The number of hydrogen-bond donors (Lipinski definition) is 3. The van der Waals surface area contributed by atoms with E-state index < -0.39 is 10.0 Å². The van der Waals surface area contributed by atoms with E-state index in [9.17, 15) is 8.42 Å². The highest BCUT2D eigenvalue weighted by atomic mass is 79.9. The van der Waals surface area contributed by atoms with Crippen molar-refractivity contribution in [2.45, 2.75) is 23.7 Å². The highest BCUT2D eigenvalue weighted by molar-refractivity contribution is 9.10. The fourth-order valence-electron chi connectivity index (χ4n) is 3.60. The van der Waals surface area contributed by atoms with Crippen LogP contribution >= 0.6 is 15.9 Å². The number of fused-ring (bicyclic) bond motifs is 1. The Morgan fingerprint density at radius 2 is 1.82 bits per heavy atom. The minimum absolute atomic E-state index is 0.0307. The Hall–Kier alpha value is -2.79. The van der Waals surface area contributed by atoms with E-state index in [0.29, 0.717) is 11.6 Å². The third-order valence-electron chi connectivity index (χ3n) is 5.43. The van der Waals surface area contributed by atoms with E-state index in [-0.39, 0.29) is 18.0 Å². The second kappa shape index (κ2) is 8.86. The van der Waals surface area contributed by atoms with E-state index in [1.165, 1.54) is 12.1 Å². The topological polar surface area (TPSA) is 109 Å². The first kappa shape index (κ1) is 22.0. The molecule has 1 saturated carbocycles. The summed E-state index contributed by atoms with van der Waals surface area (Å²) in [6, 6.07) is 18.3. The Kier molecular flexibility index (Phi) is 5.92. The molecule has 0 saturated heterocycles.